The van der Waals surface area contributed by atoms with Gasteiger partial charge in [0.25, 0.3) is 5.56 Å². The van der Waals surface area contributed by atoms with Crippen LogP contribution >= 0.6 is 11.3 Å². The number of nitrogens with two attached hydrogens (primary N) is 1. The van der Waals surface area contributed by atoms with Gasteiger partial charge in [0.15, 0.2) is 11.5 Å². The van der Waals surface area contributed by atoms with E-state index in [0.29, 0.717) is 21.6 Å². The summed E-state index contributed by atoms with van der Waals surface area (Å²) >= 11 is 1.06. The van der Waals surface area contributed by atoms with Crippen molar-refractivity contribution in [2.75, 3.05) is 13.7 Å². The number of primary amides is 1. The van der Waals surface area contributed by atoms with E-state index in [1.54, 1.807) is 31.2 Å². The minimum Gasteiger partial charge on any atom is -0.493 e. The standard InChI is InChI=1S/C20H24N2O6S/c1-5-27-19(24)10-18-22(11-17(21)23)20(25)16(29-18)9-13-6-7-14(28-12(2)3)15(8-13)26-4/h6-10,12H,5,11H2,1-4H3,(H2,21,23)/b16-9-,18-10-. The largest absolute Gasteiger partial charge is 0.493 e. The summed E-state index contributed by atoms with van der Waals surface area (Å²) in [6.45, 7) is 5.36. The molecular formula is C20H24N2O6S. The van der Waals surface area contributed by atoms with Gasteiger partial charge in [-0.2, -0.15) is 0 Å². The van der Waals surface area contributed by atoms with E-state index < -0.39 is 17.4 Å². The molecule has 2 N–H and O–H groups in total. The molecule has 1 aromatic heterocycles. The Morgan fingerprint density at radius 2 is 2.00 bits per heavy atom. The van der Waals surface area contributed by atoms with Crippen molar-refractivity contribution in [1.29, 1.82) is 0 Å². The lowest BCUT2D eigenvalue weighted by Gasteiger charge is -2.13. The van der Waals surface area contributed by atoms with E-state index in [9.17, 15) is 14.4 Å². The molecule has 0 unspecified atom stereocenters. The molecule has 0 radical (unpaired) electrons. The van der Waals surface area contributed by atoms with Gasteiger partial charge in [-0.25, -0.2) is 4.79 Å². The van der Waals surface area contributed by atoms with Crippen molar-refractivity contribution >= 4 is 35.4 Å². The number of nitrogens with zero attached hydrogens (tertiary/aromatic N) is 1. The lowest BCUT2D eigenvalue weighted by molar-refractivity contribution is -0.135. The molecule has 9 heteroatoms. The number of thiazole rings is 1. The molecule has 0 aliphatic carbocycles. The number of methoxy groups -OCH3 is 1. The third-order valence-electron chi connectivity index (χ3n) is 3.63. The first kappa shape index (κ1) is 22.2. The number of carbonyl (C=O) groups excluding carboxylic acids is 2. The van der Waals surface area contributed by atoms with E-state index in [1.807, 2.05) is 13.8 Å². The Bertz CT molecular complexity index is 1070. The zero-order valence-corrected chi connectivity index (χ0v) is 17.6. The summed E-state index contributed by atoms with van der Waals surface area (Å²) in [5.74, 6) is -0.171. The molecule has 0 atom stereocenters. The van der Waals surface area contributed by atoms with Crippen LogP contribution in [-0.4, -0.2) is 36.3 Å². The second kappa shape index (κ2) is 9.92. The van der Waals surface area contributed by atoms with Crippen molar-refractivity contribution in [2.45, 2.75) is 33.4 Å². The molecule has 8 nitrogen and oxygen atoms in total. The van der Waals surface area contributed by atoms with E-state index in [1.165, 1.54) is 13.2 Å². The van der Waals surface area contributed by atoms with Gasteiger partial charge in [-0.1, -0.05) is 6.07 Å². The van der Waals surface area contributed by atoms with Crippen LogP contribution in [0, 0.1) is 0 Å². The lowest BCUT2D eigenvalue weighted by Crippen LogP contribution is -2.36. The van der Waals surface area contributed by atoms with Crippen molar-refractivity contribution in [3.05, 3.63) is 43.3 Å². The average molecular weight is 420 g/mol. The summed E-state index contributed by atoms with van der Waals surface area (Å²) in [6.07, 6.45) is 2.81. The maximum Gasteiger partial charge on any atom is 0.333 e. The second-order valence-electron chi connectivity index (χ2n) is 6.28. The minimum atomic E-state index is -0.688. The molecule has 1 amide bonds. The fourth-order valence-electron chi connectivity index (χ4n) is 2.51. The summed E-state index contributed by atoms with van der Waals surface area (Å²) in [5, 5.41) is 0. The van der Waals surface area contributed by atoms with Crippen LogP contribution in [0.1, 0.15) is 26.3 Å². The zero-order chi connectivity index (χ0) is 21.6. The molecule has 0 aliphatic rings. The highest BCUT2D eigenvalue weighted by molar-refractivity contribution is 7.07. The van der Waals surface area contributed by atoms with Gasteiger partial charge in [0.2, 0.25) is 5.91 Å². The second-order valence-corrected chi connectivity index (χ2v) is 7.34. The molecule has 0 spiro atoms. The number of carbonyl (C=O) groups is 2. The van der Waals surface area contributed by atoms with E-state index in [2.05, 4.69) is 0 Å². The Balaban J connectivity index is 2.58. The highest BCUT2D eigenvalue weighted by Crippen LogP contribution is 2.29. The predicted octanol–water partition coefficient (Wildman–Crippen LogP) is 0.363. The molecular weight excluding hydrogens is 396 g/mol. The molecule has 1 aromatic carbocycles. The number of ether oxygens (including phenoxy) is 3. The number of benzene rings is 1. The molecule has 0 saturated carbocycles. The Hall–Kier alpha value is -3.07. The summed E-state index contributed by atoms with van der Waals surface area (Å²) < 4.78 is 17.7. The molecule has 29 heavy (non-hydrogen) atoms. The predicted molar refractivity (Wildman–Crippen MR) is 110 cm³/mol. The number of hydrogen-bond acceptors (Lipinski definition) is 7. The molecule has 0 aliphatic heterocycles. The maximum atomic E-state index is 12.7. The number of rotatable bonds is 8. The quantitative estimate of drug-likeness (QED) is 0.618. The van der Waals surface area contributed by atoms with Crippen molar-refractivity contribution in [3.63, 3.8) is 0 Å². The Kier molecular flexibility index (Phi) is 7.60. The van der Waals surface area contributed by atoms with Gasteiger partial charge in [0.1, 0.15) is 11.2 Å². The van der Waals surface area contributed by atoms with Gasteiger partial charge in [0, 0.05) is 0 Å². The van der Waals surface area contributed by atoms with E-state index in [-0.39, 0.29) is 23.9 Å². The molecule has 0 saturated heterocycles. The van der Waals surface area contributed by atoms with Crippen LogP contribution in [0.2, 0.25) is 0 Å². The molecule has 2 aromatic rings. The third kappa shape index (κ3) is 5.95. The first-order valence-corrected chi connectivity index (χ1v) is 9.79. The fourth-order valence-corrected chi connectivity index (χ4v) is 3.54. The topological polar surface area (TPSA) is 110 Å². The molecule has 1 heterocycles. The van der Waals surface area contributed by atoms with Crippen LogP contribution < -0.4 is 30.0 Å². The number of amides is 1. The monoisotopic (exact) mass is 420 g/mol. The van der Waals surface area contributed by atoms with Crippen LogP contribution in [0.3, 0.4) is 0 Å². The normalized spacial score (nSPS) is 12.3. The highest BCUT2D eigenvalue weighted by Gasteiger charge is 2.11. The summed E-state index contributed by atoms with van der Waals surface area (Å²) in [5.41, 5.74) is 5.52. The van der Waals surface area contributed by atoms with E-state index in [0.717, 1.165) is 15.9 Å². The van der Waals surface area contributed by atoms with Crippen LogP contribution in [-0.2, 0) is 20.9 Å². The first-order valence-electron chi connectivity index (χ1n) is 8.98. The highest BCUT2D eigenvalue weighted by atomic mass is 32.1. The van der Waals surface area contributed by atoms with Crippen LogP contribution in [0.4, 0.5) is 0 Å². The zero-order valence-electron chi connectivity index (χ0n) is 16.8. The van der Waals surface area contributed by atoms with Gasteiger partial charge in [0.05, 0.1) is 30.4 Å². The molecule has 2 rings (SSSR count). The van der Waals surface area contributed by atoms with E-state index in [4.69, 9.17) is 19.9 Å². The van der Waals surface area contributed by atoms with Gasteiger partial charge < -0.3 is 19.9 Å². The summed E-state index contributed by atoms with van der Waals surface area (Å²) in [4.78, 5) is 35.9. The SMILES string of the molecule is CCOC(=O)/C=c1\s/c(=C\c2ccc(OC(C)C)c(OC)c2)c(=O)n1CC(N)=O. The Morgan fingerprint density at radius 3 is 2.59 bits per heavy atom. The number of aromatic nitrogens is 1. The van der Waals surface area contributed by atoms with Gasteiger partial charge in [-0.05, 0) is 44.5 Å². The lowest BCUT2D eigenvalue weighted by atomic mass is 10.2. The summed E-state index contributed by atoms with van der Waals surface area (Å²) in [6, 6.07) is 5.28. The van der Waals surface area contributed by atoms with Crippen LogP contribution in [0.5, 0.6) is 11.5 Å². The van der Waals surface area contributed by atoms with Crippen molar-refractivity contribution in [1.82, 2.24) is 4.57 Å². The number of hydrogen-bond donors (Lipinski definition) is 1. The van der Waals surface area contributed by atoms with Crippen LogP contribution in [0.15, 0.2) is 23.0 Å². The summed E-state index contributed by atoms with van der Waals surface area (Å²) in [7, 11) is 1.53. The Labute approximate surface area is 171 Å². The molecule has 156 valence electrons. The number of esters is 1. The average Bonchev–Trinajstić information content (AvgIpc) is 2.91. The van der Waals surface area contributed by atoms with Gasteiger partial charge >= 0.3 is 5.97 Å². The fraction of sp³-hybridized carbons (Fsp3) is 0.350. The van der Waals surface area contributed by atoms with Crippen molar-refractivity contribution in [2.24, 2.45) is 5.73 Å². The maximum absolute atomic E-state index is 12.7. The smallest absolute Gasteiger partial charge is 0.333 e. The van der Waals surface area contributed by atoms with Crippen molar-refractivity contribution < 1.29 is 23.8 Å². The molecule has 0 fully saturated rings. The van der Waals surface area contributed by atoms with Gasteiger partial charge in [-0.3, -0.25) is 14.2 Å². The van der Waals surface area contributed by atoms with Crippen molar-refractivity contribution in [3.8, 4) is 11.5 Å². The van der Waals surface area contributed by atoms with E-state index >= 15 is 0 Å². The third-order valence-corrected chi connectivity index (χ3v) is 4.69. The first-order chi connectivity index (χ1) is 13.7. The van der Waals surface area contributed by atoms with Gasteiger partial charge in [-0.15, -0.1) is 11.3 Å². The molecule has 0 bridgehead atoms. The Morgan fingerprint density at radius 1 is 1.28 bits per heavy atom. The minimum absolute atomic E-state index is 0.0157. The van der Waals surface area contributed by atoms with Crippen LogP contribution in [0.25, 0.3) is 12.2 Å².